The van der Waals surface area contributed by atoms with Gasteiger partial charge in [-0.3, -0.25) is 9.80 Å². The van der Waals surface area contributed by atoms with Gasteiger partial charge in [0.2, 0.25) is 0 Å². The monoisotopic (exact) mass is 423 g/mol. The second-order valence-corrected chi connectivity index (χ2v) is 9.79. The average Bonchev–Trinajstić information content (AvgIpc) is 3.25. The zero-order chi connectivity index (χ0) is 21.8. The molecular weight excluding hydrogens is 385 g/mol. The lowest BCUT2D eigenvalue weighted by Crippen LogP contribution is -2.48. The number of halogens is 1. The maximum Gasteiger partial charge on any atom is 0.128 e. The van der Waals surface area contributed by atoms with E-state index in [0.717, 1.165) is 70.5 Å². The summed E-state index contributed by atoms with van der Waals surface area (Å²) in [6.45, 7) is 13.2. The molecule has 0 atom stereocenters. The van der Waals surface area contributed by atoms with E-state index >= 15 is 0 Å². The summed E-state index contributed by atoms with van der Waals surface area (Å²) < 4.78 is 14.6. The molecule has 3 nitrogen and oxygen atoms in total. The summed E-state index contributed by atoms with van der Waals surface area (Å²) in [7, 11) is 0. The van der Waals surface area contributed by atoms with Crippen LogP contribution >= 0.6 is 0 Å². The maximum absolute atomic E-state index is 14.6. The number of hydrogen-bond acceptors (Lipinski definition) is 3. The molecule has 4 heteroatoms. The number of aryl methyl sites for hydroxylation is 1. The van der Waals surface area contributed by atoms with Crippen molar-refractivity contribution in [1.29, 1.82) is 0 Å². The van der Waals surface area contributed by atoms with Crippen LogP contribution in [0, 0.1) is 12.7 Å². The molecule has 0 unspecified atom stereocenters. The summed E-state index contributed by atoms with van der Waals surface area (Å²) in [4.78, 5) is 5.14. The van der Waals surface area contributed by atoms with E-state index in [2.05, 4.69) is 54.1 Å². The smallest absolute Gasteiger partial charge is 0.128 e. The Labute approximate surface area is 187 Å². The van der Waals surface area contributed by atoms with Crippen molar-refractivity contribution >= 4 is 0 Å². The summed E-state index contributed by atoms with van der Waals surface area (Å²) in [5.41, 5.74) is 4.68. The van der Waals surface area contributed by atoms with Crippen molar-refractivity contribution in [2.75, 3.05) is 26.2 Å². The van der Waals surface area contributed by atoms with Crippen molar-refractivity contribution in [3.05, 3.63) is 70.5 Å². The van der Waals surface area contributed by atoms with Crippen molar-refractivity contribution in [2.45, 2.75) is 71.1 Å². The van der Waals surface area contributed by atoms with Crippen LogP contribution in [0.5, 0.6) is 0 Å². The van der Waals surface area contributed by atoms with Gasteiger partial charge < -0.3 is 5.32 Å². The van der Waals surface area contributed by atoms with Gasteiger partial charge in [0.25, 0.3) is 0 Å². The third-order valence-corrected chi connectivity index (χ3v) is 7.42. The quantitative estimate of drug-likeness (QED) is 0.659. The molecule has 2 aliphatic rings. The number of piperazine rings is 1. The van der Waals surface area contributed by atoms with Crippen molar-refractivity contribution in [2.24, 2.45) is 0 Å². The number of rotatable bonds is 7. The predicted molar refractivity (Wildman–Crippen MR) is 127 cm³/mol. The fraction of sp³-hybridized carbons (Fsp3) is 0.556. The Morgan fingerprint density at radius 1 is 1.00 bits per heavy atom. The van der Waals surface area contributed by atoms with Crippen LogP contribution in [0.25, 0.3) is 0 Å². The SMILES string of the molecule is Cc1ccc(CNC2(c3ccccc3F)CCCC2)cc1CN1CCN(C(C)C)CC1. The van der Waals surface area contributed by atoms with Gasteiger partial charge in [-0.05, 0) is 56.4 Å². The standard InChI is InChI=1S/C27H38FN3/c1-21(2)31-16-14-30(15-17-31)20-24-18-23(11-10-22(24)3)19-29-27(12-6-7-13-27)25-8-4-5-9-26(25)28/h4-5,8-11,18,21,29H,6-7,12-17,19-20H2,1-3H3. The first kappa shape index (κ1) is 22.4. The molecule has 1 aliphatic carbocycles. The largest absolute Gasteiger partial charge is 0.303 e. The molecule has 1 N–H and O–H groups in total. The van der Waals surface area contributed by atoms with Crippen LogP contribution in [0.4, 0.5) is 4.39 Å². The second kappa shape index (κ2) is 9.81. The van der Waals surface area contributed by atoms with Crippen molar-refractivity contribution in [3.8, 4) is 0 Å². The van der Waals surface area contributed by atoms with Gasteiger partial charge in [0.1, 0.15) is 5.82 Å². The van der Waals surface area contributed by atoms with Crippen LogP contribution in [-0.2, 0) is 18.6 Å². The molecule has 4 rings (SSSR count). The van der Waals surface area contributed by atoms with Crippen molar-refractivity contribution in [3.63, 3.8) is 0 Å². The summed E-state index contributed by atoms with van der Waals surface area (Å²) in [5, 5.41) is 3.78. The minimum atomic E-state index is -0.233. The van der Waals surface area contributed by atoms with Crippen LogP contribution < -0.4 is 5.32 Å². The second-order valence-electron chi connectivity index (χ2n) is 9.79. The third kappa shape index (κ3) is 5.19. The van der Waals surface area contributed by atoms with E-state index in [1.165, 1.54) is 16.7 Å². The van der Waals surface area contributed by atoms with Gasteiger partial charge in [-0.1, -0.05) is 49.2 Å². The van der Waals surface area contributed by atoms with Crippen LogP contribution in [0.15, 0.2) is 42.5 Å². The lowest BCUT2D eigenvalue weighted by Gasteiger charge is -2.37. The number of nitrogens with zero attached hydrogens (tertiary/aromatic N) is 2. The van der Waals surface area contributed by atoms with Crippen LogP contribution in [-0.4, -0.2) is 42.0 Å². The molecule has 1 saturated heterocycles. The minimum absolute atomic E-state index is 0.0814. The van der Waals surface area contributed by atoms with E-state index in [-0.39, 0.29) is 11.4 Å². The van der Waals surface area contributed by atoms with Gasteiger partial charge in [0.05, 0.1) is 0 Å². The molecule has 2 aromatic rings. The zero-order valence-electron chi connectivity index (χ0n) is 19.5. The summed E-state index contributed by atoms with van der Waals surface area (Å²) in [6, 6.07) is 14.8. The number of benzene rings is 2. The molecule has 31 heavy (non-hydrogen) atoms. The van der Waals surface area contributed by atoms with Crippen LogP contribution in [0.3, 0.4) is 0 Å². The molecule has 1 heterocycles. The Bertz CT molecular complexity index is 865. The highest BCUT2D eigenvalue weighted by Gasteiger charge is 2.37. The Morgan fingerprint density at radius 3 is 2.39 bits per heavy atom. The van der Waals surface area contributed by atoms with E-state index in [1.807, 2.05) is 12.1 Å². The topological polar surface area (TPSA) is 18.5 Å². The van der Waals surface area contributed by atoms with Gasteiger partial charge in [-0.15, -0.1) is 0 Å². The predicted octanol–water partition coefficient (Wildman–Crippen LogP) is 5.22. The number of hydrogen-bond donors (Lipinski definition) is 1. The molecule has 2 fully saturated rings. The van der Waals surface area contributed by atoms with E-state index in [0.29, 0.717) is 6.04 Å². The third-order valence-electron chi connectivity index (χ3n) is 7.42. The lowest BCUT2D eigenvalue weighted by atomic mass is 9.87. The van der Waals surface area contributed by atoms with Crippen LogP contribution in [0.2, 0.25) is 0 Å². The van der Waals surface area contributed by atoms with Gasteiger partial charge in [-0.25, -0.2) is 4.39 Å². The fourth-order valence-corrected chi connectivity index (χ4v) is 5.32. The summed E-state index contributed by atoms with van der Waals surface area (Å²) in [6.07, 6.45) is 4.32. The molecule has 0 aromatic heterocycles. The first-order chi connectivity index (χ1) is 15.0. The normalized spacial score (nSPS) is 19.9. The first-order valence-corrected chi connectivity index (χ1v) is 12.0. The first-order valence-electron chi connectivity index (χ1n) is 12.0. The summed E-state index contributed by atoms with van der Waals surface area (Å²) in [5.74, 6) is -0.0814. The van der Waals surface area contributed by atoms with E-state index in [1.54, 1.807) is 12.1 Å². The highest BCUT2D eigenvalue weighted by atomic mass is 19.1. The van der Waals surface area contributed by atoms with E-state index in [9.17, 15) is 4.39 Å². The van der Waals surface area contributed by atoms with Crippen molar-refractivity contribution in [1.82, 2.24) is 15.1 Å². The molecule has 168 valence electrons. The Morgan fingerprint density at radius 2 is 1.71 bits per heavy atom. The Balaban J connectivity index is 1.43. The highest BCUT2D eigenvalue weighted by molar-refractivity contribution is 5.32. The minimum Gasteiger partial charge on any atom is -0.303 e. The van der Waals surface area contributed by atoms with Gasteiger partial charge in [0, 0.05) is 56.4 Å². The molecule has 1 saturated carbocycles. The molecular formula is C27H38FN3. The zero-order valence-corrected chi connectivity index (χ0v) is 19.5. The van der Waals surface area contributed by atoms with E-state index < -0.39 is 0 Å². The maximum atomic E-state index is 14.6. The molecule has 0 spiro atoms. The molecule has 0 amide bonds. The molecule has 0 radical (unpaired) electrons. The van der Waals surface area contributed by atoms with Gasteiger partial charge in [-0.2, -0.15) is 0 Å². The van der Waals surface area contributed by atoms with Crippen molar-refractivity contribution < 1.29 is 4.39 Å². The Hall–Kier alpha value is -1.75. The van der Waals surface area contributed by atoms with Gasteiger partial charge in [0.15, 0.2) is 0 Å². The summed E-state index contributed by atoms with van der Waals surface area (Å²) >= 11 is 0. The average molecular weight is 424 g/mol. The number of nitrogens with one attached hydrogen (secondary N) is 1. The van der Waals surface area contributed by atoms with Gasteiger partial charge >= 0.3 is 0 Å². The Kier molecular flexibility index (Phi) is 7.10. The van der Waals surface area contributed by atoms with Crippen LogP contribution in [0.1, 0.15) is 61.8 Å². The molecule has 2 aromatic carbocycles. The molecule has 0 bridgehead atoms. The fourth-order valence-electron chi connectivity index (χ4n) is 5.32. The van der Waals surface area contributed by atoms with E-state index in [4.69, 9.17) is 0 Å². The highest BCUT2D eigenvalue weighted by Crippen LogP contribution is 2.40. The lowest BCUT2D eigenvalue weighted by molar-refractivity contribution is 0.104. The molecule has 1 aliphatic heterocycles.